The molecule has 1 aromatic heterocycles. The van der Waals surface area contributed by atoms with Gasteiger partial charge in [-0.3, -0.25) is 9.48 Å². The zero-order valence-corrected chi connectivity index (χ0v) is 18.8. The van der Waals surface area contributed by atoms with E-state index in [0.29, 0.717) is 24.9 Å². The van der Waals surface area contributed by atoms with Gasteiger partial charge in [-0.1, -0.05) is 30.3 Å². The van der Waals surface area contributed by atoms with Crippen molar-refractivity contribution >= 4 is 23.5 Å². The lowest BCUT2D eigenvalue weighted by Gasteiger charge is -2.41. The molecule has 0 spiro atoms. The minimum absolute atomic E-state index is 0.118. The van der Waals surface area contributed by atoms with Crippen LogP contribution in [0.4, 0.5) is 20.7 Å². The number of piperidine rings is 1. The van der Waals surface area contributed by atoms with E-state index in [4.69, 9.17) is 5.73 Å². The first-order valence-corrected chi connectivity index (χ1v) is 11.2. The van der Waals surface area contributed by atoms with E-state index in [2.05, 4.69) is 16.5 Å². The third-order valence-corrected chi connectivity index (χ3v) is 6.31. The lowest BCUT2D eigenvalue weighted by atomic mass is 9.83. The van der Waals surface area contributed by atoms with Crippen LogP contribution in [0.5, 0.6) is 0 Å². The summed E-state index contributed by atoms with van der Waals surface area (Å²) in [4.78, 5) is 25.4. The van der Waals surface area contributed by atoms with Crippen molar-refractivity contribution < 1.29 is 19.1 Å². The molecule has 0 bridgehead atoms. The summed E-state index contributed by atoms with van der Waals surface area (Å²) < 4.78 is 14.8. The summed E-state index contributed by atoms with van der Waals surface area (Å²) in [6, 6.07) is 16.5. The summed E-state index contributed by atoms with van der Waals surface area (Å²) in [7, 11) is 0. The largest absolute Gasteiger partial charge is 0.465 e. The second-order valence-electron chi connectivity index (χ2n) is 8.45. The topological polar surface area (TPSA) is 137 Å². The number of nitriles is 1. The molecule has 1 unspecified atom stereocenters. The van der Waals surface area contributed by atoms with E-state index in [0.717, 1.165) is 5.56 Å². The molecule has 0 radical (unpaired) electrons. The molecule has 2 amide bonds. The van der Waals surface area contributed by atoms with Crippen LogP contribution in [0.1, 0.15) is 34.8 Å². The number of carboxylic acid groups (broad SMARTS) is 1. The van der Waals surface area contributed by atoms with Gasteiger partial charge in [-0.2, -0.15) is 10.4 Å². The van der Waals surface area contributed by atoms with Crippen LogP contribution in [0, 0.1) is 23.1 Å². The lowest BCUT2D eigenvalue weighted by Crippen LogP contribution is -2.51. The summed E-state index contributed by atoms with van der Waals surface area (Å²) in [5.74, 6) is -1.62. The number of nitrogens with one attached hydrogen (secondary N) is 1. The van der Waals surface area contributed by atoms with Gasteiger partial charge in [0.05, 0.1) is 24.1 Å². The Bertz CT molecular complexity index is 1240. The molecule has 3 atom stereocenters. The number of rotatable bonds is 7. The molecule has 10 heteroatoms. The van der Waals surface area contributed by atoms with Crippen molar-refractivity contribution in [3.8, 4) is 6.07 Å². The number of carbonyl (C=O) groups is 2. The quantitative estimate of drug-likeness (QED) is 0.472. The van der Waals surface area contributed by atoms with Crippen LogP contribution in [0.15, 0.2) is 60.8 Å². The number of aryl methyl sites for hydroxylation is 1. The molecular formula is C25H25FN6O3. The Labute approximate surface area is 201 Å². The maximum atomic E-state index is 13.3. The number of nitrogens with two attached hydrogens (primary N) is 1. The Morgan fingerprint density at radius 1 is 1.20 bits per heavy atom. The van der Waals surface area contributed by atoms with Gasteiger partial charge in [0.2, 0.25) is 0 Å². The van der Waals surface area contributed by atoms with Gasteiger partial charge in [0.15, 0.2) is 5.82 Å². The number of likely N-dealkylation sites (tertiary alicyclic amines) is 1. The normalized spacial score (nSPS) is 19.7. The minimum Gasteiger partial charge on any atom is -0.465 e. The number of amides is 2. The smallest absolute Gasteiger partial charge is 0.407 e. The van der Waals surface area contributed by atoms with Gasteiger partial charge in [0.25, 0.3) is 5.91 Å². The van der Waals surface area contributed by atoms with Gasteiger partial charge in [-0.25, -0.2) is 9.18 Å². The van der Waals surface area contributed by atoms with E-state index in [1.165, 1.54) is 40.0 Å². The Balaban J connectivity index is 1.62. The fraction of sp³-hybridized carbons (Fsp3) is 0.280. The van der Waals surface area contributed by atoms with Gasteiger partial charge in [0, 0.05) is 18.4 Å². The predicted molar refractivity (Wildman–Crippen MR) is 126 cm³/mol. The first-order valence-electron chi connectivity index (χ1n) is 11.2. The molecule has 180 valence electrons. The van der Waals surface area contributed by atoms with Crippen LogP contribution in [-0.4, -0.2) is 44.4 Å². The molecule has 1 aliphatic heterocycles. The highest BCUT2D eigenvalue weighted by Crippen LogP contribution is 2.36. The maximum Gasteiger partial charge on any atom is 0.407 e. The zero-order valence-electron chi connectivity index (χ0n) is 18.8. The van der Waals surface area contributed by atoms with Crippen LogP contribution >= 0.6 is 0 Å². The first kappa shape index (κ1) is 23.8. The zero-order chi connectivity index (χ0) is 24.9. The Hall–Kier alpha value is -4.39. The van der Waals surface area contributed by atoms with Crippen molar-refractivity contribution in [1.29, 1.82) is 5.26 Å². The highest BCUT2D eigenvalue weighted by molar-refractivity contribution is 5.98. The number of halogens is 1. The van der Waals surface area contributed by atoms with E-state index in [1.807, 2.05) is 30.3 Å². The molecule has 1 aliphatic rings. The third kappa shape index (κ3) is 5.24. The summed E-state index contributed by atoms with van der Waals surface area (Å²) in [6.45, 7) is 0.226. The Kier molecular flexibility index (Phi) is 6.96. The lowest BCUT2D eigenvalue weighted by molar-refractivity contribution is 0.0633. The van der Waals surface area contributed by atoms with Crippen molar-refractivity contribution in [2.45, 2.75) is 31.3 Å². The SMILES string of the molecule is N#C[C@H]1C(CCc2ccccc2)N(C(=O)O)CC[C@@H]1n1cc(C(N)=O)c(Nc2ccc(F)cc2)n1. The van der Waals surface area contributed by atoms with Gasteiger partial charge in [-0.15, -0.1) is 0 Å². The van der Waals surface area contributed by atoms with Crippen molar-refractivity contribution in [3.63, 3.8) is 0 Å². The monoisotopic (exact) mass is 476 g/mol. The van der Waals surface area contributed by atoms with Crippen LogP contribution in [-0.2, 0) is 6.42 Å². The molecular weight excluding hydrogens is 451 g/mol. The van der Waals surface area contributed by atoms with Crippen molar-refractivity contribution in [1.82, 2.24) is 14.7 Å². The van der Waals surface area contributed by atoms with Crippen LogP contribution in [0.3, 0.4) is 0 Å². The number of anilines is 2. The van der Waals surface area contributed by atoms with Crippen LogP contribution in [0.2, 0.25) is 0 Å². The number of nitrogens with zero attached hydrogens (tertiary/aromatic N) is 4. The molecule has 1 saturated heterocycles. The van der Waals surface area contributed by atoms with E-state index in [9.17, 15) is 24.3 Å². The second kappa shape index (κ2) is 10.3. The number of carbonyl (C=O) groups excluding carboxylic acids is 1. The number of primary amides is 1. The standard InChI is InChI=1S/C25H25FN6O3/c26-17-7-9-18(10-8-17)29-24-20(23(28)33)15-32(30-24)22-12-13-31(25(34)35)21(19(22)14-27)11-6-16-4-2-1-3-5-16/h1-5,7-10,15,19,21-22H,6,11-13H2,(H2,28,33)(H,29,30)(H,34,35)/t19-,21?,22-/m0/s1. The summed E-state index contributed by atoms with van der Waals surface area (Å²) in [5.41, 5.74) is 7.24. The minimum atomic E-state index is -1.07. The second-order valence-corrected chi connectivity index (χ2v) is 8.45. The molecule has 2 aromatic carbocycles. The predicted octanol–water partition coefficient (Wildman–Crippen LogP) is 3.93. The number of benzene rings is 2. The fourth-order valence-electron chi connectivity index (χ4n) is 4.57. The van der Waals surface area contributed by atoms with Crippen LogP contribution < -0.4 is 11.1 Å². The van der Waals surface area contributed by atoms with E-state index in [-0.39, 0.29) is 17.9 Å². The third-order valence-electron chi connectivity index (χ3n) is 6.31. The number of aromatic nitrogens is 2. The van der Waals surface area contributed by atoms with Crippen molar-refractivity contribution in [2.24, 2.45) is 11.7 Å². The van der Waals surface area contributed by atoms with E-state index < -0.39 is 35.8 Å². The molecule has 3 aromatic rings. The molecule has 9 nitrogen and oxygen atoms in total. The average Bonchev–Trinajstić information content (AvgIpc) is 3.28. The Morgan fingerprint density at radius 2 is 1.91 bits per heavy atom. The molecule has 1 fully saturated rings. The average molecular weight is 477 g/mol. The molecule has 0 aliphatic carbocycles. The molecule has 4 rings (SSSR count). The van der Waals surface area contributed by atoms with Gasteiger partial charge in [-0.05, 0) is 49.1 Å². The number of hydrogen-bond donors (Lipinski definition) is 3. The molecule has 0 saturated carbocycles. The van der Waals surface area contributed by atoms with Crippen LogP contribution in [0.25, 0.3) is 0 Å². The van der Waals surface area contributed by atoms with Crippen molar-refractivity contribution in [2.75, 3.05) is 11.9 Å². The summed E-state index contributed by atoms with van der Waals surface area (Å²) in [6.07, 6.45) is 1.84. The highest BCUT2D eigenvalue weighted by atomic mass is 19.1. The summed E-state index contributed by atoms with van der Waals surface area (Å²) in [5, 5.41) is 27.3. The van der Waals surface area contributed by atoms with Crippen molar-refractivity contribution in [3.05, 3.63) is 77.7 Å². The first-order chi connectivity index (χ1) is 16.9. The number of hydrogen-bond acceptors (Lipinski definition) is 5. The molecule has 4 N–H and O–H groups in total. The summed E-state index contributed by atoms with van der Waals surface area (Å²) >= 11 is 0. The Morgan fingerprint density at radius 3 is 2.54 bits per heavy atom. The van der Waals surface area contributed by atoms with E-state index >= 15 is 0 Å². The maximum absolute atomic E-state index is 13.3. The van der Waals surface area contributed by atoms with Gasteiger partial charge >= 0.3 is 6.09 Å². The highest BCUT2D eigenvalue weighted by Gasteiger charge is 2.42. The molecule has 35 heavy (non-hydrogen) atoms. The molecule has 2 heterocycles. The van der Waals surface area contributed by atoms with Gasteiger partial charge < -0.3 is 21.1 Å². The van der Waals surface area contributed by atoms with Gasteiger partial charge in [0.1, 0.15) is 11.4 Å². The van der Waals surface area contributed by atoms with E-state index in [1.54, 1.807) is 0 Å². The fourth-order valence-corrected chi connectivity index (χ4v) is 4.57.